The smallest absolute Gasteiger partial charge is 0.0900 e. The van der Waals surface area contributed by atoms with Gasteiger partial charge < -0.3 is 9.84 Å². The van der Waals surface area contributed by atoms with Crippen LogP contribution in [0.25, 0.3) is 0 Å². The lowest BCUT2D eigenvalue weighted by molar-refractivity contribution is -0.0109. The van der Waals surface area contributed by atoms with Crippen molar-refractivity contribution in [2.24, 2.45) is 5.92 Å². The van der Waals surface area contributed by atoms with E-state index in [9.17, 15) is 5.11 Å². The largest absolute Gasteiger partial charge is 0.389 e. The average molecular weight is 229 g/mol. The molecule has 1 N–H and O–H groups in total. The molecule has 1 rings (SSSR count). The summed E-state index contributed by atoms with van der Waals surface area (Å²) in [4.78, 5) is 2.42. The molecular weight excluding hydrogens is 202 g/mol. The topological polar surface area (TPSA) is 32.7 Å². The molecule has 96 valence electrons. The number of rotatable bonds is 8. The Morgan fingerprint density at radius 3 is 2.25 bits per heavy atom. The van der Waals surface area contributed by atoms with E-state index in [-0.39, 0.29) is 12.2 Å². The SMILES string of the molecule is CC(C)CN(CC(O)COC(C)C)C1CC1. The maximum Gasteiger partial charge on any atom is 0.0900 e. The minimum Gasteiger partial charge on any atom is -0.389 e. The maximum atomic E-state index is 9.89. The Balaban J connectivity index is 2.24. The summed E-state index contributed by atoms with van der Waals surface area (Å²) in [6.07, 6.45) is 2.45. The van der Waals surface area contributed by atoms with Crippen LogP contribution in [0.1, 0.15) is 40.5 Å². The van der Waals surface area contributed by atoms with Gasteiger partial charge in [0.1, 0.15) is 0 Å². The van der Waals surface area contributed by atoms with Crippen LogP contribution in [-0.4, -0.2) is 48.0 Å². The predicted octanol–water partition coefficient (Wildman–Crippen LogP) is 1.89. The molecule has 16 heavy (non-hydrogen) atoms. The first-order valence-electron chi connectivity index (χ1n) is 6.52. The Morgan fingerprint density at radius 1 is 1.19 bits per heavy atom. The van der Waals surface area contributed by atoms with E-state index < -0.39 is 0 Å². The number of aliphatic hydroxyl groups is 1. The fourth-order valence-corrected chi connectivity index (χ4v) is 1.91. The Kier molecular flexibility index (Phi) is 5.73. The zero-order valence-corrected chi connectivity index (χ0v) is 11.1. The molecule has 0 bridgehead atoms. The normalized spacial score (nSPS) is 18.8. The van der Waals surface area contributed by atoms with Gasteiger partial charge in [0, 0.05) is 19.1 Å². The lowest BCUT2D eigenvalue weighted by Crippen LogP contribution is -2.39. The fraction of sp³-hybridized carbons (Fsp3) is 1.00. The Bertz CT molecular complexity index is 190. The maximum absolute atomic E-state index is 9.89. The van der Waals surface area contributed by atoms with Gasteiger partial charge in [0.2, 0.25) is 0 Å². The van der Waals surface area contributed by atoms with Crippen LogP contribution < -0.4 is 0 Å². The minimum atomic E-state index is -0.346. The first-order chi connectivity index (χ1) is 7.49. The molecule has 0 aliphatic heterocycles. The first-order valence-corrected chi connectivity index (χ1v) is 6.52. The fourth-order valence-electron chi connectivity index (χ4n) is 1.91. The third-order valence-electron chi connectivity index (χ3n) is 2.73. The molecule has 0 spiro atoms. The zero-order valence-electron chi connectivity index (χ0n) is 11.1. The van der Waals surface area contributed by atoms with Gasteiger partial charge in [-0.2, -0.15) is 0 Å². The van der Waals surface area contributed by atoms with E-state index in [0.717, 1.165) is 19.1 Å². The molecule has 0 radical (unpaired) electrons. The molecule has 1 aliphatic carbocycles. The summed E-state index contributed by atoms with van der Waals surface area (Å²) >= 11 is 0. The number of nitrogens with zero attached hydrogens (tertiary/aromatic N) is 1. The van der Waals surface area contributed by atoms with Crippen molar-refractivity contribution < 1.29 is 9.84 Å². The van der Waals surface area contributed by atoms with Crippen molar-refractivity contribution in [2.45, 2.75) is 58.8 Å². The molecule has 1 aliphatic rings. The van der Waals surface area contributed by atoms with Crippen LogP contribution in [0.2, 0.25) is 0 Å². The van der Waals surface area contributed by atoms with Gasteiger partial charge in [-0.15, -0.1) is 0 Å². The highest BCUT2D eigenvalue weighted by Crippen LogP contribution is 2.27. The van der Waals surface area contributed by atoms with Crippen molar-refractivity contribution in [3.8, 4) is 0 Å². The van der Waals surface area contributed by atoms with Crippen molar-refractivity contribution in [3.05, 3.63) is 0 Å². The van der Waals surface area contributed by atoms with Crippen LogP contribution in [0.15, 0.2) is 0 Å². The van der Waals surface area contributed by atoms with Crippen molar-refractivity contribution in [1.29, 1.82) is 0 Å². The molecule has 0 saturated heterocycles. The summed E-state index contributed by atoms with van der Waals surface area (Å²) in [7, 11) is 0. The Hall–Kier alpha value is -0.120. The number of aliphatic hydroxyl groups excluding tert-OH is 1. The van der Waals surface area contributed by atoms with Crippen LogP contribution >= 0.6 is 0 Å². The lowest BCUT2D eigenvalue weighted by Gasteiger charge is -2.26. The molecule has 3 heteroatoms. The van der Waals surface area contributed by atoms with E-state index >= 15 is 0 Å². The second-order valence-electron chi connectivity index (χ2n) is 5.61. The van der Waals surface area contributed by atoms with Gasteiger partial charge in [-0.25, -0.2) is 0 Å². The van der Waals surface area contributed by atoms with Crippen molar-refractivity contribution in [3.63, 3.8) is 0 Å². The summed E-state index contributed by atoms with van der Waals surface area (Å²) in [5, 5.41) is 9.89. The summed E-state index contributed by atoms with van der Waals surface area (Å²) in [6, 6.07) is 0.719. The van der Waals surface area contributed by atoms with Crippen molar-refractivity contribution >= 4 is 0 Å². The first kappa shape index (κ1) is 13.9. The molecule has 1 fully saturated rings. The van der Waals surface area contributed by atoms with Crippen molar-refractivity contribution in [1.82, 2.24) is 4.90 Å². The van der Waals surface area contributed by atoms with E-state index in [4.69, 9.17) is 4.74 Å². The van der Waals surface area contributed by atoms with Gasteiger partial charge in [-0.05, 0) is 32.6 Å². The standard InChI is InChI=1S/C13H27NO2/c1-10(2)7-14(12-5-6-12)8-13(15)9-16-11(3)4/h10-13,15H,5-9H2,1-4H3. The highest BCUT2D eigenvalue weighted by molar-refractivity contribution is 4.86. The van der Waals surface area contributed by atoms with Gasteiger partial charge in [0.05, 0.1) is 18.8 Å². The van der Waals surface area contributed by atoms with Crippen LogP contribution in [-0.2, 0) is 4.74 Å². The Morgan fingerprint density at radius 2 is 1.81 bits per heavy atom. The quantitative estimate of drug-likeness (QED) is 0.690. The van der Waals surface area contributed by atoms with Crippen LogP contribution in [0.4, 0.5) is 0 Å². The highest BCUT2D eigenvalue weighted by atomic mass is 16.5. The second kappa shape index (κ2) is 6.58. The van der Waals surface area contributed by atoms with Gasteiger partial charge in [-0.1, -0.05) is 13.8 Å². The number of ether oxygens (including phenoxy) is 1. The molecule has 0 amide bonds. The van der Waals surface area contributed by atoms with Crippen LogP contribution in [0, 0.1) is 5.92 Å². The lowest BCUT2D eigenvalue weighted by atomic mass is 10.2. The van der Waals surface area contributed by atoms with Crippen LogP contribution in [0.3, 0.4) is 0 Å². The summed E-state index contributed by atoms with van der Waals surface area (Å²) in [6.45, 7) is 10.8. The molecule has 0 aromatic heterocycles. The van der Waals surface area contributed by atoms with Crippen molar-refractivity contribution in [2.75, 3.05) is 19.7 Å². The zero-order chi connectivity index (χ0) is 12.1. The molecule has 1 unspecified atom stereocenters. The van der Waals surface area contributed by atoms with E-state index in [1.165, 1.54) is 12.8 Å². The molecule has 3 nitrogen and oxygen atoms in total. The molecule has 0 aromatic carbocycles. The number of hydrogen-bond donors (Lipinski definition) is 1. The average Bonchev–Trinajstić information content (AvgIpc) is 2.96. The minimum absolute atomic E-state index is 0.203. The van der Waals surface area contributed by atoms with E-state index in [1.54, 1.807) is 0 Å². The third-order valence-corrected chi connectivity index (χ3v) is 2.73. The monoisotopic (exact) mass is 229 g/mol. The van der Waals surface area contributed by atoms with Gasteiger partial charge in [0.15, 0.2) is 0 Å². The van der Waals surface area contributed by atoms with Gasteiger partial charge >= 0.3 is 0 Å². The Labute approximate surface area is 99.8 Å². The van der Waals surface area contributed by atoms with Gasteiger partial charge in [0.25, 0.3) is 0 Å². The highest BCUT2D eigenvalue weighted by Gasteiger charge is 2.30. The summed E-state index contributed by atoms with van der Waals surface area (Å²) in [5.74, 6) is 0.666. The van der Waals surface area contributed by atoms with Crippen LogP contribution in [0.5, 0.6) is 0 Å². The van der Waals surface area contributed by atoms with E-state index in [1.807, 2.05) is 13.8 Å². The predicted molar refractivity (Wildman–Crippen MR) is 66.5 cm³/mol. The third kappa shape index (κ3) is 5.83. The van der Waals surface area contributed by atoms with E-state index in [0.29, 0.717) is 12.5 Å². The molecule has 0 heterocycles. The van der Waals surface area contributed by atoms with E-state index in [2.05, 4.69) is 18.7 Å². The van der Waals surface area contributed by atoms with Gasteiger partial charge in [-0.3, -0.25) is 4.90 Å². The molecular formula is C13H27NO2. The summed E-state index contributed by atoms with van der Waals surface area (Å²) in [5.41, 5.74) is 0. The molecule has 1 atom stereocenters. The molecule has 0 aromatic rings. The second-order valence-corrected chi connectivity index (χ2v) is 5.61. The number of hydrogen-bond acceptors (Lipinski definition) is 3. The molecule has 1 saturated carbocycles. The summed E-state index contributed by atoms with van der Waals surface area (Å²) < 4.78 is 5.43.